The predicted octanol–water partition coefficient (Wildman–Crippen LogP) is 4.08. The molecule has 4 nitrogen and oxygen atoms in total. The summed E-state index contributed by atoms with van der Waals surface area (Å²) < 4.78 is 26.2. The lowest BCUT2D eigenvalue weighted by atomic mass is 10.2. The first-order valence-corrected chi connectivity index (χ1v) is 7.35. The lowest BCUT2D eigenvalue weighted by Gasteiger charge is -2.20. The highest BCUT2D eigenvalue weighted by molar-refractivity contribution is 6.20. The first-order chi connectivity index (χ1) is 10.0. The lowest BCUT2D eigenvalue weighted by Crippen LogP contribution is -2.17. The van der Waals surface area contributed by atoms with Gasteiger partial charge in [0, 0.05) is 19.2 Å². The zero-order valence-electron chi connectivity index (χ0n) is 12.7. The third-order valence-corrected chi connectivity index (χ3v) is 3.74. The van der Waals surface area contributed by atoms with Crippen molar-refractivity contribution in [3.63, 3.8) is 0 Å². The van der Waals surface area contributed by atoms with E-state index in [-0.39, 0.29) is 17.2 Å². The van der Waals surface area contributed by atoms with Crippen LogP contribution in [-0.2, 0) is 4.74 Å². The molecule has 2 atom stereocenters. The van der Waals surface area contributed by atoms with Crippen molar-refractivity contribution in [2.24, 2.45) is 0 Å². The Kier molecular flexibility index (Phi) is 5.06. The minimum absolute atomic E-state index is 0.0892. The van der Waals surface area contributed by atoms with Crippen molar-refractivity contribution in [1.82, 2.24) is 9.55 Å². The van der Waals surface area contributed by atoms with Crippen LogP contribution in [0.25, 0.3) is 11.0 Å². The van der Waals surface area contributed by atoms with Crippen molar-refractivity contribution < 1.29 is 13.9 Å². The molecule has 0 fully saturated rings. The van der Waals surface area contributed by atoms with Crippen LogP contribution in [0.1, 0.15) is 37.5 Å². The quantitative estimate of drug-likeness (QED) is 0.754. The van der Waals surface area contributed by atoms with E-state index in [1.165, 1.54) is 13.2 Å². The first-order valence-electron chi connectivity index (χ1n) is 6.91. The molecule has 0 saturated heterocycles. The smallest absolute Gasteiger partial charge is 0.167 e. The number of ether oxygens (including phenoxy) is 2. The van der Waals surface area contributed by atoms with Gasteiger partial charge in [-0.05, 0) is 13.3 Å². The monoisotopic (exact) mass is 314 g/mol. The Morgan fingerprint density at radius 1 is 1.38 bits per heavy atom. The van der Waals surface area contributed by atoms with Gasteiger partial charge in [-0.3, -0.25) is 0 Å². The molecule has 2 unspecified atom stereocenters. The highest BCUT2D eigenvalue weighted by Crippen LogP contribution is 2.32. The summed E-state index contributed by atoms with van der Waals surface area (Å²) in [6.45, 7) is 4.46. The number of fused-ring (bicyclic) bond motifs is 1. The number of nitrogens with zero attached hydrogens (tertiary/aromatic N) is 2. The third-order valence-electron chi connectivity index (χ3n) is 3.54. The van der Waals surface area contributed by atoms with Gasteiger partial charge in [0.25, 0.3) is 0 Å². The van der Waals surface area contributed by atoms with E-state index in [1.54, 1.807) is 13.2 Å². The number of aromatic nitrogens is 2. The highest BCUT2D eigenvalue weighted by Gasteiger charge is 2.22. The average Bonchev–Trinajstić information content (AvgIpc) is 2.82. The normalized spacial score (nSPS) is 14.4. The summed E-state index contributed by atoms with van der Waals surface area (Å²) in [5, 5.41) is -0.280. The van der Waals surface area contributed by atoms with Gasteiger partial charge < -0.3 is 14.0 Å². The topological polar surface area (TPSA) is 36.3 Å². The molecule has 116 valence electrons. The molecule has 0 spiro atoms. The van der Waals surface area contributed by atoms with Gasteiger partial charge in [0.1, 0.15) is 5.82 Å². The van der Waals surface area contributed by atoms with E-state index < -0.39 is 5.82 Å². The molecule has 0 aliphatic rings. The summed E-state index contributed by atoms with van der Waals surface area (Å²) in [7, 11) is 3.11. The fourth-order valence-corrected chi connectivity index (χ4v) is 2.66. The Balaban J connectivity index is 2.71. The zero-order valence-corrected chi connectivity index (χ0v) is 13.4. The van der Waals surface area contributed by atoms with Gasteiger partial charge in [-0.25, -0.2) is 9.37 Å². The molecule has 1 heterocycles. The fraction of sp³-hybridized carbons (Fsp3) is 0.533. The van der Waals surface area contributed by atoms with Crippen molar-refractivity contribution in [3.8, 4) is 5.75 Å². The standard InChI is InChI=1S/C15H20ClFN2O2/c1-5-10(8-20-3)19-13-7-14(21-4)11(17)6-12(13)18-15(19)9(2)16/h6-7,9-10H,5,8H2,1-4H3. The summed E-state index contributed by atoms with van der Waals surface area (Å²) in [4.78, 5) is 4.48. The Morgan fingerprint density at radius 2 is 2.10 bits per heavy atom. The van der Waals surface area contributed by atoms with Gasteiger partial charge in [0.05, 0.1) is 36.2 Å². The largest absolute Gasteiger partial charge is 0.494 e. The van der Waals surface area contributed by atoms with Crippen LogP contribution in [0, 0.1) is 5.82 Å². The number of benzene rings is 1. The Labute approximate surface area is 128 Å². The van der Waals surface area contributed by atoms with Crippen molar-refractivity contribution in [3.05, 3.63) is 23.8 Å². The Hall–Kier alpha value is -1.33. The molecule has 2 rings (SSSR count). The zero-order chi connectivity index (χ0) is 15.6. The van der Waals surface area contributed by atoms with Crippen LogP contribution in [0.3, 0.4) is 0 Å². The molecule has 0 amide bonds. The molecule has 0 saturated carbocycles. The van der Waals surface area contributed by atoms with Gasteiger partial charge in [0.15, 0.2) is 11.6 Å². The Bertz CT molecular complexity index is 628. The molecule has 6 heteroatoms. The van der Waals surface area contributed by atoms with Crippen molar-refractivity contribution >= 4 is 22.6 Å². The molecule has 1 aromatic heterocycles. The van der Waals surface area contributed by atoms with Gasteiger partial charge in [-0.1, -0.05) is 6.92 Å². The van der Waals surface area contributed by atoms with Crippen molar-refractivity contribution in [2.75, 3.05) is 20.8 Å². The number of rotatable bonds is 6. The van der Waals surface area contributed by atoms with E-state index in [4.69, 9.17) is 21.1 Å². The maximum absolute atomic E-state index is 13.9. The van der Waals surface area contributed by atoms with Gasteiger partial charge >= 0.3 is 0 Å². The number of methoxy groups -OCH3 is 2. The summed E-state index contributed by atoms with van der Waals surface area (Å²) in [6.07, 6.45) is 0.857. The van der Waals surface area contributed by atoms with E-state index in [9.17, 15) is 4.39 Å². The molecular weight excluding hydrogens is 295 g/mol. The van der Waals surface area contributed by atoms with E-state index in [2.05, 4.69) is 11.9 Å². The second-order valence-electron chi connectivity index (χ2n) is 4.95. The van der Waals surface area contributed by atoms with Crippen LogP contribution in [-0.4, -0.2) is 30.4 Å². The van der Waals surface area contributed by atoms with E-state index in [0.29, 0.717) is 17.9 Å². The van der Waals surface area contributed by atoms with Crippen LogP contribution in [0.4, 0.5) is 4.39 Å². The Morgan fingerprint density at radius 3 is 2.62 bits per heavy atom. The minimum Gasteiger partial charge on any atom is -0.494 e. The lowest BCUT2D eigenvalue weighted by molar-refractivity contribution is 0.153. The summed E-state index contributed by atoms with van der Waals surface area (Å²) in [5.74, 6) is 0.483. The van der Waals surface area contributed by atoms with Gasteiger partial charge in [-0.15, -0.1) is 11.6 Å². The molecule has 21 heavy (non-hydrogen) atoms. The second-order valence-corrected chi connectivity index (χ2v) is 5.60. The first kappa shape index (κ1) is 16.0. The number of hydrogen-bond acceptors (Lipinski definition) is 3. The van der Waals surface area contributed by atoms with E-state index >= 15 is 0 Å². The van der Waals surface area contributed by atoms with Crippen molar-refractivity contribution in [2.45, 2.75) is 31.7 Å². The molecule has 0 aliphatic carbocycles. The summed E-state index contributed by atoms with van der Waals surface area (Å²) in [5.41, 5.74) is 1.38. The molecule has 0 bridgehead atoms. The van der Waals surface area contributed by atoms with Gasteiger partial charge in [0.2, 0.25) is 0 Å². The highest BCUT2D eigenvalue weighted by atomic mass is 35.5. The maximum Gasteiger partial charge on any atom is 0.167 e. The summed E-state index contributed by atoms with van der Waals surface area (Å²) >= 11 is 6.25. The van der Waals surface area contributed by atoms with Gasteiger partial charge in [-0.2, -0.15) is 0 Å². The number of hydrogen-bond donors (Lipinski definition) is 0. The minimum atomic E-state index is -0.428. The maximum atomic E-state index is 13.9. The second kappa shape index (κ2) is 6.62. The van der Waals surface area contributed by atoms with Crippen LogP contribution in [0.5, 0.6) is 5.75 Å². The van der Waals surface area contributed by atoms with Crippen LogP contribution < -0.4 is 4.74 Å². The molecule has 1 aromatic carbocycles. The number of imidazole rings is 1. The third kappa shape index (κ3) is 2.99. The van der Waals surface area contributed by atoms with Crippen LogP contribution >= 0.6 is 11.6 Å². The number of halogens is 2. The molecule has 0 radical (unpaired) electrons. The average molecular weight is 315 g/mol. The van der Waals surface area contributed by atoms with Crippen LogP contribution in [0.15, 0.2) is 12.1 Å². The van der Waals surface area contributed by atoms with Crippen molar-refractivity contribution in [1.29, 1.82) is 0 Å². The van der Waals surface area contributed by atoms with E-state index in [1.807, 2.05) is 11.5 Å². The molecule has 0 aliphatic heterocycles. The SMILES string of the molecule is CCC(COC)n1c(C(C)Cl)nc2cc(F)c(OC)cc21. The van der Waals surface area contributed by atoms with Crippen LogP contribution in [0.2, 0.25) is 0 Å². The molecule has 0 N–H and O–H groups in total. The molecule has 2 aromatic rings. The van der Waals surface area contributed by atoms with E-state index in [0.717, 1.165) is 11.9 Å². The summed E-state index contributed by atoms with van der Waals surface area (Å²) in [6, 6.07) is 3.14. The fourth-order valence-electron chi connectivity index (χ4n) is 2.50. The molecular formula is C15H20ClFN2O2. The predicted molar refractivity (Wildman–Crippen MR) is 81.7 cm³/mol. The number of alkyl halides is 1.